The molecule has 15 heavy (non-hydrogen) atoms. The number of carboxylic acid groups (broad SMARTS) is 1. The normalized spacial score (nSPS) is 12.9. The Kier molecular flexibility index (Phi) is 3.60. The largest absolute Gasteiger partial charge is 0.480 e. The summed E-state index contributed by atoms with van der Waals surface area (Å²) in [6.45, 7) is 0. The lowest BCUT2D eigenvalue weighted by molar-refractivity contribution is -0.138. The minimum Gasteiger partial charge on any atom is -0.480 e. The highest BCUT2D eigenvalue weighted by Gasteiger charge is 2.19. The molecular weight excluding hydrogens is 228 g/mol. The number of aliphatic carboxylic acids is 1. The van der Waals surface area contributed by atoms with E-state index in [4.69, 9.17) is 22.4 Å². The first kappa shape index (κ1) is 11.9. The molecule has 0 aromatic heterocycles. The Morgan fingerprint density at radius 2 is 2.07 bits per heavy atom. The number of rotatable bonds is 3. The van der Waals surface area contributed by atoms with Crippen LogP contribution >= 0.6 is 11.6 Å². The second-order valence-corrected chi connectivity index (χ2v) is 3.30. The van der Waals surface area contributed by atoms with Gasteiger partial charge in [-0.05, 0) is 17.7 Å². The van der Waals surface area contributed by atoms with E-state index in [1.165, 1.54) is 6.07 Å². The monoisotopic (exact) mass is 235 g/mol. The van der Waals surface area contributed by atoms with Gasteiger partial charge in [0.25, 0.3) is 6.43 Å². The number of nitrogens with two attached hydrogens (primary N) is 1. The number of carboxylic acids is 1. The predicted octanol–water partition coefficient (Wildman–Crippen LogP) is 2.36. The summed E-state index contributed by atoms with van der Waals surface area (Å²) in [6.07, 6.45) is -2.68. The van der Waals surface area contributed by atoms with Crippen LogP contribution in [0.2, 0.25) is 5.02 Å². The van der Waals surface area contributed by atoms with Gasteiger partial charge in [0.1, 0.15) is 6.04 Å². The maximum atomic E-state index is 12.3. The van der Waals surface area contributed by atoms with Crippen LogP contribution in [0.25, 0.3) is 0 Å². The van der Waals surface area contributed by atoms with Gasteiger partial charge in [-0.25, -0.2) is 8.78 Å². The summed E-state index contributed by atoms with van der Waals surface area (Å²) in [6, 6.07) is 1.95. The van der Waals surface area contributed by atoms with Gasteiger partial charge in [0.2, 0.25) is 0 Å². The molecule has 0 saturated heterocycles. The van der Waals surface area contributed by atoms with E-state index in [0.29, 0.717) is 0 Å². The highest BCUT2D eigenvalue weighted by Crippen LogP contribution is 2.27. The number of hydrogen-bond acceptors (Lipinski definition) is 2. The molecule has 82 valence electrons. The molecule has 0 aliphatic carbocycles. The lowest BCUT2D eigenvalue weighted by Gasteiger charge is -2.10. The fraction of sp³-hybridized carbons (Fsp3) is 0.222. The van der Waals surface area contributed by atoms with Gasteiger partial charge in [0.05, 0.1) is 0 Å². The number of carbonyl (C=O) groups is 1. The summed E-state index contributed by atoms with van der Waals surface area (Å²) in [5.41, 5.74) is 4.97. The van der Waals surface area contributed by atoms with Crippen LogP contribution in [0.15, 0.2) is 18.2 Å². The Labute approximate surface area is 89.5 Å². The number of halogens is 3. The Hall–Kier alpha value is -1.20. The van der Waals surface area contributed by atoms with E-state index in [9.17, 15) is 13.6 Å². The highest BCUT2D eigenvalue weighted by atomic mass is 35.5. The molecule has 0 fully saturated rings. The first-order valence-electron chi connectivity index (χ1n) is 3.99. The summed E-state index contributed by atoms with van der Waals surface area (Å²) in [5, 5.41) is 8.68. The lowest BCUT2D eigenvalue weighted by Crippen LogP contribution is -2.21. The molecule has 0 radical (unpaired) electrons. The zero-order chi connectivity index (χ0) is 11.6. The van der Waals surface area contributed by atoms with Crippen molar-refractivity contribution in [1.82, 2.24) is 0 Å². The van der Waals surface area contributed by atoms with Gasteiger partial charge in [-0.15, -0.1) is 0 Å². The van der Waals surface area contributed by atoms with Crippen molar-refractivity contribution in [3.8, 4) is 0 Å². The third-order valence-electron chi connectivity index (χ3n) is 1.87. The summed E-state index contributed by atoms with van der Waals surface area (Å²) in [4.78, 5) is 10.6. The fourth-order valence-electron chi connectivity index (χ4n) is 1.07. The molecule has 6 heteroatoms. The van der Waals surface area contributed by atoms with Crippen molar-refractivity contribution in [2.45, 2.75) is 12.5 Å². The van der Waals surface area contributed by atoms with Crippen LogP contribution in [-0.4, -0.2) is 11.1 Å². The lowest BCUT2D eigenvalue weighted by atomic mass is 10.0. The van der Waals surface area contributed by atoms with Gasteiger partial charge in [0, 0.05) is 10.6 Å². The molecule has 0 bridgehead atoms. The third-order valence-corrected chi connectivity index (χ3v) is 2.22. The van der Waals surface area contributed by atoms with E-state index >= 15 is 0 Å². The summed E-state index contributed by atoms with van der Waals surface area (Å²) in [7, 11) is 0. The van der Waals surface area contributed by atoms with E-state index < -0.39 is 18.4 Å². The predicted molar refractivity (Wildman–Crippen MR) is 51.0 cm³/mol. The van der Waals surface area contributed by atoms with E-state index in [2.05, 4.69) is 0 Å². The fourth-order valence-corrected chi connectivity index (χ4v) is 1.30. The maximum Gasteiger partial charge on any atom is 0.325 e. The molecule has 0 amide bonds. The molecule has 1 aromatic carbocycles. The van der Waals surface area contributed by atoms with Crippen molar-refractivity contribution < 1.29 is 18.7 Å². The van der Waals surface area contributed by atoms with Gasteiger partial charge in [0.15, 0.2) is 0 Å². The Morgan fingerprint density at radius 3 is 2.53 bits per heavy atom. The first-order chi connectivity index (χ1) is 6.93. The van der Waals surface area contributed by atoms with Crippen molar-refractivity contribution in [3.05, 3.63) is 34.3 Å². The molecule has 0 aliphatic rings. The maximum absolute atomic E-state index is 12.3. The van der Waals surface area contributed by atoms with Crippen LogP contribution in [0.4, 0.5) is 8.78 Å². The number of benzene rings is 1. The smallest absolute Gasteiger partial charge is 0.325 e. The average molecular weight is 236 g/mol. The van der Waals surface area contributed by atoms with Crippen molar-refractivity contribution in [2.75, 3.05) is 0 Å². The quantitative estimate of drug-likeness (QED) is 0.845. The summed E-state index contributed by atoms with van der Waals surface area (Å²) < 4.78 is 24.6. The molecule has 0 aliphatic heterocycles. The van der Waals surface area contributed by atoms with Gasteiger partial charge in [-0.1, -0.05) is 17.7 Å². The summed E-state index contributed by atoms with van der Waals surface area (Å²) in [5.74, 6) is -1.32. The van der Waals surface area contributed by atoms with E-state index in [0.717, 1.165) is 12.1 Å². The van der Waals surface area contributed by atoms with Gasteiger partial charge >= 0.3 is 5.97 Å². The molecule has 0 heterocycles. The second kappa shape index (κ2) is 4.55. The van der Waals surface area contributed by atoms with Crippen molar-refractivity contribution in [3.63, 3.8) is 0 Å². The Balaban J connectivity index is 3.16. The minimum absolute atomic E-state index is 0.0121. The number of alkyl halides is 2. The van der Waals surface area contributed by atoms with Crippen LogP contribution in [0, 0.1) is 0 Å². The highest BCUT2D eigenvalue weighted by molar-refractivity contribution is 6.31. The molecule has 3 nitrogen and oxygen atoms in total. The van der Waals surface area contributed by atoms with Crippen molar-refractivity contribution in [1.29, 1.82) is 0 Å². The molecule has 0 saturated carbocycles. The minimum atomic E-state index is -2.68. The van der Waals surface area contributed by atoms with E-state index in [1.54, 1.807) is 0 Å². The third kappa shape index (κ3) is 2.64. The second-order valence-electron chi connectivity index (χ2n) is 2.90. The van der Waals surface area contributed by atoms with Crippen LogP contribution in [0.5, 0.6) is 0 Å². The molecule has 0 spiro atoms. The zero-order valence-corrected chi connectivity index (χ0v) is 8.21. The molecule has 3 N–H and O–H groups in total. The van der Waals surface area contributed by atoms with Crippen LogP contribution in [0.1, 0.15) is 23.6 Å². The van der Waals surface area contributed by atoms with E-state index in [-0.39, 0.29) is 16.1 Å². The van der Waals surface area contributed by atoms with Crippen molar-refractivity contribution in [2.24, 2.45) is 5.73 Å². The SMILES string of the molecule is NC(C(=O)O)c1cc(C(F)F)ccc1Cl. The Morgan fingerprint density at radius 1 is 1.47 bits per heavy atom. The van der Waals surface area contributed by atoms with Gasteiger partial charge in [-0.3, -0.25) is 4.79 Å². The first-order valence-corrected chi connectivity index (χ1v) is 4.37. The zero-order valence-electron chi connectivity index (χ0n) is 7.45. The topological polar surface area (TPSA) is 63.3 Å². The molecule has 1 rings (SSSR count). The Bertz CT molecular complexity index is 384. The average Bonchev–Trinajstić information content (AvgIpc) is 2.16. The molecule has 1 aromatic rings. The number of hydrogen-bond donors (Lipinski definition) is 2. The van der Waals surface area contributed by atoms with Crippen LogP contribution < -0.4 is 5.73 Å². The summed E-state index contributed by atoms with van der Waals surface area (Å²) >= 11 is 5.65. The standard InChI is InChI=1S/C9H8ClF2NO2/c10-6-2-1-4(8(11)12)3-5(6)7(13)9(14)15/h1-3,7-8H,13H2,(H,14,15). The molecular formula is C9H8ClF2NO2. The molecule has 1 atom stereocenters. The van der Waals surface area contributed by atoms with Crippen molar-refractivity contribution >= 4 is 17.6 Å². The molecule has 1 unspecified atom stereocenters. The van der Waals surface area contributed by atoms with Crippen LogP contribution in [0.3, 0.4) is 0 Å². The van der Waals surface area contributed by atoms with Gasteiger partial charge < -0.3 is 10.8 Å². The van der Waals surface area contributed by atoms with Crippen LogP contribution in [-0.2, 0) is 4.79 Å². The van der Waals surface area contributed by atoms with E-state index in [1.807, 2.05) is 0 Å². The van der Waals surface area contributed by atoms with Gasteiger partial charge in [-0.2, -0.15) is 0 Å².